The molecule has 0 bridgehead atoms. The number of hydrazone groups is 1. The van der Waals surface area contributed by atoms with Gasteiger partial charge in [-0.05, 0) is 13.0 Å². The SMILES string of the molecule is C=CC=[NH+]N=C(C)N.[I-]. The Morgan fingerprint density at radius 3 is 2.67 bits per heavy atom. The molecule has 0 rings (SSSR count). The van der Waals surface area contributed by atoms with E-state index >= 15 is 0 Å². The number of allylic oxidation sites excluding steroid dienone is 1. The van der Waals surface area contributed by atoms with Crippen molar-refractivity contribution in [3.8, 4) is 0 Å². The predicted octanol–water partition coefficient (Wildman–Crippen LogP) is -4.38. The molecular formula is C5H10IN3. The highest BCUT2D eigenvalue weighted by molar-refractivity contribution is 5.76. The molecule has 0 aliphatic heterocycles. The van der Waals surface area contributed by atoms with Gasteiger partial charge in [0.2, 0.25) is 0 Å². The van der Waals surface area contributed by atoms with Gasteiger partial charge in [-0.2, -0.15) is 0 Å². The standard InChI is InChI=1S/C5H9N3.HI/c1-3-4-7-8-5(2)6;/h3-4H,1H2,2H3,(H2,6,8);1H. The lowest BCUT2D eigenvalue weighted by molar-refractivity contribution is -0.456. The second kappa shape index (κ2) is 7.61. The monoisotopic (exact) mass is 239 g/mol. The van der Waals surface area contributed by atoms with Crippen molar-refractivity contribution in [2.24, 2.45) is 10.8 Å². The fraction of sp³-hybridized carbons (Fsp3) is 0.200. The Bertz CT molecular complexity index is 124. The number of hydrogen-bond donors (Lipinski definition) is 2. The van der Waals surface area contributed by atoms with Crippen LogP contribution in [0.5, 0.6) is 0 Å². The maximum Gasteiger partial charge on any atom is 0.193 e. The summed E-state index contributed by atoms with van der Waals surface area (Å²) in [6.07, 6.45) is 3.18. The van der Waals surface area contributed by atoms with Crippen LogP contribution in [0.2, 0.25) is 0 Å². The second-order valence-corrected chi connectivity index (χ2v) is 1.28. The van der Waals surface area contributed by atoms with Crippen LogP contribution in [0.4, 0.5) is 0 Å². The number of halogens is 1. The first kappa shape index (κ1) is 11.4. The first-order valence-corrected chi connectivity index (χ1v) is 2.27. The smallest absolute Gasteiger partial charge is 0.193 e. The lowest BCUT2D eigenvalue weighted by Crippen LogP contribution is -3.00. The van der Waals surface area contributed by atoms with Crippen LogP contribution in [0.15, 0.2) is 17.8 Å². The molecule has 0 atom stereocenters. The number of nitrogens with zero attached hydrogens (tertiary/aromatic N) is 1. The molecule has 0 saturated heterocycles. The first-order valence-electron chi connectivity index (χ1n) is 2.27. The molecule has 3 N–H and O–H groups in total. The van der Waals surface area contributed by atoms with E-state index in [0.717, 1.165) is 0 Å². The number of nitrogens with two attached hydrogens (primary N) is 1. The van der Waals surface area contributed by atoms with Crippen LogP contribution in [0.25, 0.3) is 0 Å². The molecule has 0 fully saturated rings. The van der Waals surface area contributed by atoms with Crippen LogP contribution in [-0.4, -0.2) is 12.1 Å². The van der Waals surface area contributed by atoms with Gasteiger partial charge in [0.05, 0.1) is 0 Å². The summed E-state index contributed by atoms with van der Waals surface area (Å²) in [6.45, 7) is 5.13. The zero-order chi connectivity index (χ0) is 6.41. The van der Waals surface area contributed by atoms with Crippen LogP contribution in [0.1, 0.15) is 6.92 Å². The van der Waals surface area contributed by atoms with Gasteiger partial charge < -0.3 is 29.7 Å². The minimum atomic E-state index is 0. The number of rotatable bonds is 2. The zero-order valence-corrected chi connectivity index (χ0v) is 7.42. The van der Waals surface area contributed by atoms with Crippen molar-refractivity contribution in [2.45, 2.75) is 6.92 Å². The molecular weight excluding hydrogens is 229 g/mol. The molecule has 0 spiro atoms. The average Bonchev–Trinajstić information content (AvgIpc) is 1.66. The lowest BCUT2D eigenvalue weighted by Gasteiger charge is -1.72. The molecule has 0 aromatic heterocycles. The van der Waals surface area contributed by atoms with Crippen LogP contribution >= 0.6 is 0 Å². The van der Waals surface area contributed by atoms with E-state index in [2.05, 4.69) is 16.8 Å². The van der Waals surface area contributed by atoms with Gasteiger partial charge in [-0.3, -0.25) is 0 Å². The summed E-state index contributed by atoms with van der Waals surface area (Å²) in [4.78, 5) is 0. The Morgan fingerprint density at radius 1 is 1.78 bits per heavy atom. The van der Waals surface area contributed by atoms with E-state index < -0.39 is 0 Å². The van der Waals surface area contributed by atoms with Gasteiger partial charge in [-0.1, -0.05) is 6.58 Å². The van der Waals surface area contributed by atoms with Crippen molar-refractivity contribution in [3.63, 3.8) is 0 Å². The lowest BCUT2D eigenvalue weighted by atomic mass is 10.7. The third-order valence-corrected chi connectivity index (χ3v) is 0.433. The predicted molar refractivity (Wildman–Crippen MR) is 34.5 cm³/mol. The zero-order valence-electron chi connectivity index (χ0n) is 5.26. The summed E-state index contributed by atoms with van der Waals surface area (Å²) in [5.74, 6) is 0.503. The molecule has 52 valence electrons. The Hall–Kier alpha value is -0.390. The molecule has 4 heteroatoms. The number of nitrogens with one attached hydrogen (secondary N) is 1. The Labute approximate surface area is 71.8 Å². The minimum absolute atomic E-state index is 0. The molecule has 0 saturated carbocycles. The van der Waals surface area contributed by atoms with Crippen molar-refractivity contribution < 1.29 is 29.1 Å². The number of hydrogen-bond acceptors (Lipinski definition) is 1. The van der Waals surface area contributed by atoms with E-state index in [9.17, 15) is 0 Å². The van der Waals surface area contributed by atoms with Gasteiger partial charge in [-0.15, -0.1) is 5.10 Å². The quantitative estimate of drug-likeness (QED) is 0.217. The third-order valence-electron chi connectivity index (χ3n) is 0.433. The van der Waals surface area contributed by atoms with Crippen LogP contribution in [-0.2, 0) is 0 Å². The van der Waals surface area contributed by atoms with Crippen LogP contribution < -0.4 is 34.8 Å². The van der Waals surface area contributed by atoms with E-state index in [-0.39, 0.29) is 24.0 Å². The second-order valence-electron chi connectivity index (χ2n) is 1.28. The molecule has 0 aliphatic carbocycles. The van der Waals surface area contributed by atoms with E-state index in [1.54, 1.807) is 19.2 Å². The molecule has 0 aromatic rings. The van der Waals surface area contributed by atoms with Crippen molar-refractivity contribution >= 4 is 12.1 Å². The largest absolute Gasteiger partial charge is 1.00 e. The molecule has 0 aromatic carbocycles. The highest BCUT2D eigenvalue weighted by atomic mass is 127. The van der Waals surface area contributed by atoms with Crippen molar-refractivity contribution in [1.29, 1.82) is 0 Å². The van der Waals surface area contributed by atoms with E-state index in [4.69, 9.17) is 5.73 Å². The maximum absolute atomic E-state index is 5.17. The van der Waals surface area contributed by atoms with Crippen molar-refractivity contribution in [1.82, 2.24) is 0 Å². The van der Waals surface area contributed by atoms with Crippen LogP contribution in [0.3, 0.4) is 0 Å². The first-order chi connectivity index (χ1) is 3.77. The topological polar surface area (TPSA) is 52.3 Å². The molecule has 0 amide bonds. The van der Waals surface area contributed by atoms with E-state index in [0.29, 0.717) is 5.84 Å². The van der Waals surface area contributed by atoms with Crippen molar-refractivity contribution in [3.05, 3.63) is 12.7 Å². The minimum Gasteiger partial charge on any atom is -1.00 e. The van der Waals surface area contributed by atoms with Crippen molar-refractivity contribution in [2.75, 3.05) is 0 Å². The fourth-order valence-electron chi connectivity index (χ4n) is 0.192. The van der Waals surface area contributed by atoms with Gasteiger partial charge in [0.1, 0.15) is 0 Å². The third kappa shape index (κ3) is 11.3. The summed E-state index contributed by atoms with van der Waals surface area (Å²) in [7, 11) is 0. The summed E-state index contributed by atoms with van der Waals surface area (Å²) >= 11 is 0. The Morgan fingerprint density at radius 2 is 2.33 bits per heavy atom. The summed E-state index contributed by atoms with van der Waals surface area (Å²) in [5, 5.41) is 6.19. The fourth-order valence-corrected chi connectivity index (χ4v) is 0.192. The van der Waals surface area contributed by atoms with Gasteiger partial charge in [0, 0.05) is 5.10 Å². The van der Waals surface area contributed by atoms with E-state index in [1.165, 1.54) is 0 Å². The molecule has 0 unspecified atom stereocenters. The number of amidine groups is 1. The van der Waals surface area contributed by atoms with Gasteiger partial charge in [0.15, 0.2) is 12.1 Å². The highest BCUT2D eigenvalue weighted by Crippen LogP contribution is 1.46. The average molecular weight is 239 g/mol. The van der Waals surface area contributed by atoms with Gasteiger partial charge >= 0.3 is 0 Å². The van der Waals surface area contributed by atoms with E-state index in [1.807, 2.05) is 0 Å². The summed E-state index contributed by atoms with van der Waals surface area (Å²) in [5.41, 5.74) is 5.17. The molecule has 3 nitrogen and oxygen atoms in total. The molecule has 0 radical (unpaired) electrons. The highest BCUT2D eigenvalue weighted by Gasteiger charge is 1.74. The maximum atomic E-state index is 5.17. The molecule has 0 aliphatic rings. The Kier molecular flexibility index (Phi) is 9.65. The molecule has 0 heterocycles. The summed E-state index contributed by atoms with van der Waals surface area (Å²) in [6, 6.07) is 0. The summed E-state index contributed by atoms with van der Waals surface area (Å²) < 4.78 is 0. The Balaban J connectivity index is 0. The van der Waals surface area contributed by atoms with Crippen LogP contribution in [0, 0.1) is 0 Å². The van der Waals surface area contributed by atoms with Gasteiger partial charge in [0.25, 0.3) is 0 Å². The normalized spacial score (nSPS) is 11.0. The van der Waals surface area contributed by atoms with Gasteiger partial charge in [-0.25, -0.2) is 0 Å². The molecule has 9 heavy (non-hydrogen) atoms.